The molecule has 7 nitrogen and oxygen atoms in total. The second kappa shape index (κ2) is 7.27. The number of oxazole rings is 1. The van der Waals surface area contributed by atoms with Gasteiger partial charge in [0.25, 0.3) is 0 Å². The summed E-state index contributed by atoms with van der Waals surface area (Å²) in [5.74, 6) is 1.87. The lowest BCUT2D eigenvalue weighted by atomic mass is 9.43. The lowest BCUT2D eigenvalue weighted by Gasteiger charge is -2.61. The van der Waals surface area contributed by atoms with E-state index in [9.17, 15) is 4.79 Å². The van der Waals surface area contributed by atoms with Gasteiger partial charge in [0.15, 0.2) is 5.78 Å². The van der Waals surface area contributed by atoms with Crippen molar-refractivity contribution >= 4 is 11.4 Å². The Morgan fingerprint density at radius 2 is 2.06 bits per heavy atom. The third-order valence-corrected chi connectivity index (χ3v) is 6.86. The number of nitrogens with zero attached hydrogens (tertiary/aromatic N) is 4. The third kappa shape index (κ3) is 3.43. The monoisotopic (exact) mass is 442 g/mol. The normalized spacial score (nSPS) is 21.2. The van der Waals surface area contributed by atoms with Crippen LogP contribution in [0.15, 0.2) is 47.5 Å². The molecule has 3 saturated carbocycles. The highest BCUT2D eigenvalue weighted by Gasteiger charge is 2.58. The molecule has 0 aromatic carbocycles. The Morgan fingerprint density at radius 3 is 2.76 bits per heavy atom. The van der Waals surface area contributed by atoms with Crippen LogP contribution in [-0.4, -0.2) is 31.2 Å². The SMILES string of the molecule is Cc1cc(-c2nc(C(=O)Cc3cn4cc(C56CC(C5)C6)nc4cc3OC(C)C)co2)ccn1. The van der Waals surface area contributed by atoms with Crippen LogP contribution >= 0.6 is 0 Å². The van der Waals surface area contributed by atoms with Crippen LogP contribution in [0.3, 0.4) is 0 Å². The summed E-state index contributed by atoms with van der Waals surface area (Å²) in [5, 5.41) is 0. The standard InChI is InChI=1S/C26H26N4O3/c1-15(2)33-22-8-24-29-23(26-9-17(10-26)11-26)13-30(24)12-19(22)7-21(31)20-14-32-25(28-20)18-4-5-27-16(3)6-18/h4-6,8,12-15,17H,7,9-11H2,1-3H3. The molecule has 4 aromatic rings. The molecule has 4 heterocycles. The molecule has 168 valence electrons. The maximum absolute atomic E-state index is 13.1. The van der Waals surface area contributed by atoms with Crippen LogP contribution in [0.5, 0.6) is 5.75 Å². The summed E-state index contributed by atoms with van der Waals surface area (Å²) < 4.78 is 13.7. The highest BCUT2D eigenvalue weighted by Crippen LogP contribution is 2.64. The van der Waals surface area contributed by atoms with Crippen molar-refractivity contribution in [2.75, 3.05) is 0 Å². The van der Waals surface area contributed by atoms with Crippen molar-refractivity contribution in [2.24, 2.45) is 5.92 Å². The first-order valence-electron chi connectivity index (χ1n) is 11.5. The summed E-state index contributed by atoms with van der Waals surface area (Å²) in [4.78, 5) is 26.6. The van der Waals surface area contributed by atoms with Crippen molar-refractivity contribution in [1.29, 1.82) is 0 Å². The summed E-state index contributed by atoms with van der Waals surface area (Å²) in [6, 6.07) is 5.65. The van der Waals surface area contributed by atoms with E-state index in [1.165, 1.54) is 25.5 Å². The van der Waals surface area contributed by atoms with Crippen molar-refractivity contribution in [1.82, 2.24) is 19.4 Å². The van der Waals surface area contributed by atoms with E-state index in [1.807, 2.05) is 49.6 Å². The third-order valence-electron chi connectivity index (χ3n) is 6.86. The van der Waals surface area contributed by atoms with Gasteiger partial charge >= 0.3 is 0 Å². The molecule has 0 atom stereocenters. The molecule has 3 fully saturated rings. The Kier molecular flexibility index (Phi) is 4.44. The highest BCUT2D eigenvalue weighted by atomic mass is 16.5. The number of ketones is 1. The summed E-state index contributed by atoms with van der Waals surface area (Å²) in [6.07, 6.45) is 11.1. The van der Waals surface area contributed by atoms with Crippen molar-refractivity contribution in [3.05, 3.63) is 65.7 Å². The van der Waals surface area contributed by atoms with E-state index < -0.39 is 0 Å². The number of Topliss-reactive ketones (excluding diaryl/α,β-unsaturated/α-hetero) is 1. The summed E-state index contributed by atoms with van der Waals surface area (Å²) in [7, 11) is 0. The average Bonchev–Trinajstić information content (AvgIpc) is 3.32. The van der Waals surface area contributed by atoms with E-state index in [0.29, 0.717) is 17.3 Å². The number of hydrogen-bond donors (Lipinski definition) is 0. The first-order valence-corrected chi connectivity index (χ1v) is 11.5. The molecule has 3 aliphatic carbocycles. The first-order chi connectivity index (χ1) is 15.9. The first kappa shape index (κ1) is 20.1. The second-order valence-electron chi connectivity index (χ2n) is 9.80. The second-order valence-corrected chi connectivity index (χ2v) is 9.80. The molecule has 0 aliphatic heterocycles. The molecular weight excluding hydrogens is 416 g/mol. The molecular formula is C26H26N4O3. The van der Waals surface area contributed by atoms with Gasteiger partial charge in [-0.2, -0.15) is 0 Å². The van der Waals surface area contributed by atoms with Crippen molar-refractivity contribution in [3.63, 3.8) is 0 Å². The Hall–Kier alpha value is -3.48. The van der Waals surface area contributed by atoms with Crippen molar-refractivity contribution < 1.29 is 13.9 Å². The molecule has 0 amide bonds. The summed E-state index contributed by atoms with van der Waals surface area (Å²) in [6.45, 7) is 5.87. The molecule has 0 radical (unpaired) electrons. The number of rotatable bonds is 7. The average molecular weight is 443 g/mol. The van der Waals surface area contributed by atoms with Crippen LogP contribution in [0.1, 0.15) is 60.5 Å². The van der Waals surface area contributed by atoms with E-state index in [-0.39, 0.29) is 23.7 Å². The molecule has 4 aromatic heterocycles. The van der Waals surface area contributed by atoms with Gasteiger partial charge in [-0.1, -0.05) is 0 Å². The topological polar surface area (TPSA) is 82.5 Å². The molecule has 0 spiro atoms. The number of fused-ring (bicyclic) bond motifs is 1. The van der Waals surface area contributed by atoms with Crippen molar-refractivity contribution in [3.8, 4) is 17.2 Å². The Bertz CT molecular complexity index is 1370. The van der Waals surface area contributed by atoms with Crippen LogP contribution in [-0.2, 0) is 11.8 Å². The van der Waals surface area contributed by atoms with Crippen LogP contribution in [0, 0.1) is 12.8 Å². The zero-order valence-corrected chi connectivity index (χ0v) is 19.0. The maximum atomic E-state index is 13.1. The fourth-order valence-corrected chi connectivity index (χ4v) is 5.08. The molecule has 7 rings (SSSR count). The number of pyridine rings is 2. The van der Waals surface area contributed by atoms with Crippen LogP contribution in [0.2, 0.25) is 0 Å². The predicted molar refractivity (Wildman–Crippen MR) is 122 cm³/mol. The van der Waals surface area contributed by atoms with Gasteiger partial charge in [-0.05, 0) is 58.1 Å². The molecule has 0 N–H and O–H groups in total. The molecule has 3 aliphatic rings. The smallest absolute Gasteiger partial charge is 0.226 e. The number of carbonyl (C=O) groups is 1. The van der Waals surface area contributed by atoms with E-state index >= 15 is 0 Å². The van der Waals surface area contributed by atoms with Gasteiger partial charge in [-0.25, -0.2) is 9.97 Å². The Labute approximate surface area is 191 Å². The summed E-state index contributed by atoms with van der Waals surface area (Å²) in [5.41, 5.74) is 5.08. The van der Waals surface area contributed by atoms with Gasteiger partial charge < -0.3 is 13.6 Å². The number of ether oxygens (including phenoxy) is 1. The largest absolute Gasteiger partial charge is 0.491 e. The van der Waals surface area contributed by atoms with Crippen molar-refractivity contribution in [2.45, 2.75) is 58.0 Å². The van der Waals surface area contributed by atoms with E-state index in [4.69, 9.17) is 14.1 Å². The van der Waals surface area contributed by atoms with E-state index in [2.05, 4.69) is 16.2 Å². The molecule has 0 saturated heterocycles. The minimum atomic E-state index is -0.122. The number of aromatic nitrogens is 4. The number of carbonyl (C=O) groups excluding carboxylic acids is 1. The minimum absolute atomic E-state index is 0.0121. The summed E-state index contributed by atoms with van der Waals surface area (Å²) >= 11 is 0. The zero-order valence-electron chi connectivity index (χ0n) is 19.0. The van der Waals surface area contributed by atoms with E-state index in [1.54, 1.807) is 6.20 Å². The van der Waals surface area contributed by atoms with Gasteiger partial charge in [0, 0.05) is 53.3 Å². The lowest BCUT2D eigenvalue weighted by Crippen LogP contribution is -2.55. The number of imidazole rings is 1. The number of hydrogen-bond acceptors (Lipinski definition) is 6. The lowest BCUT2D eigenvalue weighted by molar-refractivity contribution is -0.0304. The highest BCUT2D eigenvalue weighted by molar-refractivity contribution is 5.96. The fraction of sp³-hybridized carbons (Fsp3) is 0.385. The fourth-order valence-electron chi connectivity index (χ4n) is 5.08. The Balaban J connectivity index is 1.30. The molecule has 2 bridgehead atoms. The minimum Gasteiger partial charge on any atom is -0.491 e. The van der Waals surface area contributed by atoms with Gasteiger partial charge in [0.05, 0.1) is 11.8 Å². The molecule has 7 heteroatoms. The number of aryl methyl sites for hydroxylation is 1. The maximum Gasteiger partial charge on any atom is 0.226 e. The zero-order chi connectivity index (χ0) is 22.7. The molecule has 0 unspecified atom stereocenters. The van der Waals surface area contributed by atoms with Crippen LogP contribution in [0.25, 0.3) is 17.1 Å². The van der Waals surface area contributed by atoms with Gasteiger partial charge in [0.1, 0.15) is 23.4 Å². The van der Waals surface area contributed by atoms with Crippen LogP contribution < -0.4 is 4.74 Å². The van der Waals surface area contributed by atoms with Gasteiger partial charge in [-0.3, -0.25) is 9.78 Å². The predicted octanol–water partition coefficient (Wildman–Crippen LogP) is 4.96. The van der Waals surface area contributed by atoms with E-state index in [0.717, 1.165) is 34.1 Å². The quantitative estimate of drug-likeness (QED) is 0.376. The Morgan fingerprint density at radius 1 is 1.24 bits per heavy atom. The molecule has 33 heavy (non-hydrogen) atoms. The van der Waals surface area contributed by atoms with Crippen LogP contribution in [0.4, 0.5) is 0 Å². The van der Waals surface area contributed by atoms with Gasteiger partial charge in [0.2, 0.25) is 5.89 Å². The van der Waals surface area contributed by atoms with Gasteiger partial charge in [-0.15, -0.1) is 0 Å².